The molecular weight excluding hydrogens is 350 g/mol. The van der Waals surface area contributed by atoms with Crippen LogP contribution in [0.15, 0.2) is 71.8 Å². The summed E-state index contributed by atoms with van der Waals surface area (Å²) in [6.45, 7) is 1.48. The molecular formula is C23H21N3O2. The lowest BCUT2D eigenvalue weighted by Gasteiger charge is -2.16. The van der Waals surface area contributed by atoms with Gasteiger partial charge in [0.25, 0.3) is 5.56 Å². The van der Waals surface area contributed by atoms with E-state index in [1.807, 2.05) is 48.5 Å². The Morgan fingerprint density at radius 1 is 1.04 bits per heavy atom. The molecule has 1 fully saturated rings. The first-order valence-corrected chi connectivity index (χ1v) is 9.65. The molecule has 0 radical (unpaired) electrons. The summed E-state index contributed by atoms with van der Waals surface area (Å²) < 4.78 is 8.07. The molecule has 2 aromatic heterocycles. The molecule has 5 rings (SSSR count). The van der Waals surface area contributed by atoms with Crippen molar-refractivity contribution in [3.05, 3.63) is 77.3 Å². The van der Waals surface area contributed by atoms with Crippen LogP contribution in [0.3, 0.4) is 0 Å². The Labute approximate surface area is 162 Å². The van der Waals surface area contributed by atoms with E-state index in [0.717, 1.165) is 41.8 Å². The van der Waals surface area contributed by atoms with Crippen LogP contribution in [0.1, 0.15) is 12.8 Å². The number of H-pyrrole nitrogens is 1. The van der Waals surface area contributed by atoms with Crippen LogP contribution in [-0.4, -0.2) is 27.2 Å². The summed E-state index contributed by atoms with van der Waals surface area (Å²) in [5, 5.41) is 0.630. The highest BCUT2D eigenvalue weighted by Gasteiger charge is 2.26. The first-order chi connectivity index (χ1) is 13.8. The second-order valence-corrected chi connectivity index (χ2v) is 7.13. The molecule has 5 nitrogen and oxygen atoms in total. The Hall–Kier alpha value is -3.18. The molecule has 140 valence electrons. The minimum absolute atomic E-state index is 0.118. The van der Waals surface area contributed by atoms with E-state index in [1.165, 1.54) is 6.33 Å². The van der Waals surface area contributed by atoms with Crippen LogP contribution in [0, 0.1) is 0 Å². The predicted molar refractivity (Wildman–Crippen MR) is 110 cm³/mol. The van der Waals surface area contributed by atoms with Gasteiger partial charge in [-0.25, -0.2) is 4.98 Å². The molecule has 5 heteroatoms. The fraction of sp³-hybridized carbons (Fsp3) is 0.217. The molecule has 28 heavy (non-hydrogen) atoms. The maximum absolute atomic E-state index is 12.9. The zero-order chi connectivity index (χ0) is 18.9. The van der Waals surface area contributed by atoms with Crippen LogP contribution < -0.4 is 5.56 Å². The van der Waals surface area contributed by atoms with E-state index in [-0.39, 0.29) is 11.7 Å². The number of hydrogen-bond acceptors (Lipinski definition) is 3. The summed E-state index contributed by atoms with van der Waals surface area (Å²) >= 11 is 0. The number of nitrogens with one attached hydrogen (secondary N) is 1. The number of benzene rings is 2. The van der Waals surface area contributed by atoms with Crippen molar-refractivity contribution in [2.75, 3.05) is 6.61 Å². The first kappa shape index (κ1) is 17.0. The van der Waals surface area contributed by atoms with E-state index in [2.05, 4.69) is 26.7 Å². The van der Waals surface area contributed by atoms with Gasteiger partial charge in [-0.1, -0.05) is 60.7 Å². The van der Waals surface area contributed by atoms with Gasteiger partial charge in [0.05, 0.1) is 30.1 Å². The molecule has 1 unspecified atom stereocenters. The average Bonchev–Trinajstić information content (AvgIpc) is 3.37. The number of rotatable bonds is 4. The molecule has 0 bridgehead atoms. The van der Waals surface area contributed by atoms with Gasteiger partial charge in [0.2, 0.25) is 0 Å². The Bertz CT molecular complexity index is 1160. The van der Waals surface area contributed by atoms with Gasteiger partial charge in [-0.3, -0.25) is 4.79 Å². The van der Waals surface area contributed by atoms with E-state index in [1.54, 1.807) is 0 Å². The van der Waals surface area contributed by atoms with Crippen LogP contribution in [0.2, 0.25) is 0 Å². The number of ether oxygens (including phenoxy) is 1. The average molecular weight is 371 g/mol. The van der Waals surface area contributed by atoms with Gasteiger partial charge >= 0.3 is 0 Å². The summed E-state index contributed by atoms with van der Waals surface area (Å²) in [4.78, 5) is 20.2. The maximum Gasteiger partial charge on any atom is 0.260 e. The number of aromatic nitrogens is 3. The highest BCUT2D eigenvalue weighted by Crippen LogP contribution is 2.39. The maximum atomic E-state index is 12.9. The molecule has 3 heterocycles. The predicted octanol–water partition coefficient (Wildman–Crippen LogP) is 4.24. The van der Waals surface area contributed by atoms with E-state index >= 15 is 0 Å². The second-order valence-electron chi connectivity index (χ2n) is 7.13. The molecule has 1 atom stereocenters. The highest BCUT2D eigenvalue weighted by molar-refractivity contribution is 6.02. The number of fused-ring (bicyclic) bond motifs is 1. The lowest BCUT2D eigenvalue weighted by molar-refractivity contribution is 0.0982. The van der Waals surface area contributed by atoms with E-state index in [4.69, 9.17) is 4.74 Å². The van der Waals surface area contributed by atoms with Crippen LogP contribution in [0.25, 0.3) is 33.4 Å². The van der Waals surface area contributed by atoms with Gasteiger partial charge < -0.3 is 14.3 Å². The molecule has 0 amide bonds. The molecule has 0 saturated carbocycles. The third kappa shape index (κ3) is 2.84. The molecule has 2 aromatic carbocycles. The molecule has 1 aliphatic rings. The third-order valence-electron chi connectivity index (χ3n) is 5.37. The van der Waals surface area contributed by atoms with Gasteiger partial charge in [0.15, 0.2) is 0 Å². The summed E-state index contributed by atoms with van der Waals surface area (Å²) in [6.07, 6.45) is 3.73. The fourth-order valence-corrected chi connectivity index (χ4v) is 4.13. The third-order valence-corrected chi connectivity index (χ3v) is 5.37. The van der Waals surface area contributed by atoms with Gasteiger partial charge in [-0.05, 0) is 24.0 Å². The molecule has 4 aromatic rings. The lowest BCUT2D eigenvalue weighted by Crippen LogP contribution is -2.16. The SMILES string of the molecule is O=c1[nH]cnc2c1c(-c1ccccc1)c(-c1ccccc1)n2CC1CCCO1. The van der Waals surface area contributed by atoms with Crippen molar-refractivity contribution in [2.24, 2.45) is 0 Å². The van der Waals surface area contributed by atoms with Gasteiger partial charge in [-0.2, -0.15) is 0 Å². The minimum Gasteiger partial charge on any atom is -0.376 e. The van der Waals surface area contributed by atoms with E-state index in [0.29, 0.717) is 17.6 Å². The van der Waals surface area contributed by atoms with Crippen molar-refractivity contribution in [3.8, 4) is 22.4 Å². The van der Waals surface area contributed by atoms with Crippen LogP contribution in [0.4, 0.5) is 0 Å². The van der Waals surface area contributed by atoms with E-state index in [9.17, 15) is 4.79 Å². The van der Waals surface area contributed by atoms with Gasteiger partial charge in [-0.15, -0.1) is 0 Å². The van der Waals surface area contributed by atoms with Crippen molar-refractivity contribution in [1.82, 2.24) is 14.5 Å². The molecule has 1 N–H and O–H groups in total. The van der Waals surface area contributed by atoms with Crippen LogP contribution >= 0.6 is 0 Å². The quantitative estimate of drug-likeness (QED) is 0.584. The summed E-state index contributed by atoms with van der Waals surface area (Å²) in [5.41, 5.74) is 4.60. The smallest absolute Gasteiger partial charge is 0.260 e. The Morgan fingerprint density at radius 2 is 1.75 bits per heavy atom. The Kier molecular flexibility index (Phi) is 4.29. The lowest BCUT2D eigenvalue weighted by atomic mass is 9.99. The van der Waals surface area contributed by atoms with Crippen molar-refractivity contribution < 1.29 is 4.74 Å². The van der Waals surface area contributed by atoms with Crippen LogP contribution in [-0.2, 0) is 11.3 Å². The van der Waals surface area contributed by atoms with Gasteiger partial charge in [0, 0.05) is 12.2 Å². The number of hydrogen-bond donors (Lipinski definition) is 1. The molecule has 0 aliphatic carbocycles. The molecule has 0 spiro atoms. The standard InChI is InChI=1S/C23H21N3O2/c27-23-20-19(16-8-3-1-4-9-16)21(17-10-5-2-6-11-17)26(22(20)24-15-25-23)14-18-12-7-13-28-18/h1-6,8-11,15,18H,7,12-14H2,(H,24,25,27). The van der Waals surface area contributed by atoms with Gasteiger partial charge in [0.1, 0.15) is 5.65 Å². The summed E-state index contributed by atoms with van der Waals surface area (Å²) in [6, 6.07) is 20.3. The molecule has 1 saturated heterocycles. The second kappa shape index (κ2) is 7.09. The normalized spacial score (nSPS) is 16.6. The van der Waals surface area contributed by atoms with Crippen molar-refractivity contribution in [3.63, 3.8) is 0 Å². The van der Waals surface area contributed by atoms with Crippen molar-refractivity contribution in [1.29, 1.82) is 0 Å². The largest absolute Gasteiger partial charge is 0.376 e. The fourth-order valence-electron chi connectivity index (χ4n) is 4.13. The minimum atomic E-state index is -0.118. The van der Waals surface area contributed by atoms with Crippen molar-refractivity contribution in [2.45, 2.75) is 25.5 Å². The first-order valence-electron chi connectivity index (χ1n) is 9.65. The monoisotopic (exact) mass is 371 g/mol. The topological polar surface area (TPSA) is 59.9 Å². The van der Waals surface area contributed by atoms with E-state index < -0.39 is 0 Å². The summed E-state index contributed by atoms with van der Waals surface area (Å²) in [5.74, 6) is 0. The molecule has 1 aliphatic heterocycles. The van der Waals surface area contributed by atoms with Crippen molar-refractivity contribution >= 4 is 11.0 Å². The number of aromatic amines is 1. The summed E-state index contributed by atoms with van der Waals surface area (Å²) in [7, 11) is 0. The zero-order valence-electron chi connectivity index (χ0n) is 15.5. The number of nitrogens with zero attached hydrogens (tertiary/aromatic N) is 2. The van der Waals surface area contributed by atoms with Crippen LogP contribution in [0.5, 0.6) is 0 Å². The Morgan fingerprint density at radius 3 is 2.43 bits per heavy atom. The highest BCUT2D eigenvalue weighted by atomic mass is 16.5. The Balaban J connectivity index is 1.86. The zero-order valence-corrected chi connectivity index (χ0v) is 15.5.